The number of amides is 1. The molecule has 5 rings (SSSR count). The number of halogens is 2. The number of likely N-dealkylation sites (tertiary alicyclic amines) is 1. The molecule has 0 saturated carbocycles. The van der Waals surface area contributed by atoms with E-state index in [4.69, 9.17) is 27.9 Å². The van der Waals surface area contributed by atoms with Crippen LogP contribution in [0.3, 0.4) is 0 Å². The van der Waals surface area contributed by atoms with Gasteiger partial charge in [0.1, 0.15) is 11.5 Å². The molecule has 2 heterocycles. The molecule has 1 amide bonds. The van der Waals surface area contributed by atoms with Gasteiger partial charge >= 0.3 is 0 Å². The fourth-order valence-electron chi connectivity index (χ4n) is 4.64. The number of aromatic nitrogens is 1. The van der Waals surface area contributed by atoms with E-state index in [-0.39, 0.29) is 17.9 Å². The first-order valence-electron chi connectivity index (χ1n) is 11.3. The summed E-state index contributed by atoms with van der Waals surface area (Å²) in [6.45, 7) is 0.226. The van der Waals surface area contributed by atoms with Crippen LogP contribution in [0.2, 0.25) is 10.0 Å². The van der Waals surface area contributed by atoms with Gasteiger partial charge in [0.25, 0.3) is 11.7 Å². The Bertz CT molecular complexity index is 1510. The van der Waals surface area contributed by atoms with Crippen LogP contribution in [0.15, 0.2) is 78.5 Å². The summed E-state index contributed by atoms with van der Waals surface area (Å²) in [6, 6.07) is 18.4. The van der Waals surface area contributed by atoms with Gasteiger partial charge in [-0.2, -0.15) is 0 Å². The van der Waals surface area contributed by atoms with Crippen molar-refractivity contribution < 1.29 is 19.4 Å². The topological polar surface area (TPSA) is 82.6 Å². The summed E-state index contributed by atoms with van der Waals surface area (Å²) in [6.07, 6.45) is 2.35. The van der Waals surface area contributed by atoms with Crippen molar-refractivity contribution in [1.82, 2.24) is 9.88 Å². The molecule has 36 heavy (non-hydrogen) atoms. The van der Waals surface area contributed by atoms with Gasteiger partial charge < -0.3 is 19.7 Å². The van der Waals surface area contributed by atoms with Crippen molar-refractivity contribution in [3.8, 4) is 5.75 Å². The molecule has 3 aromatic carbocycles. The van der Waals surface area contributed by atoms with Crippen molar-refractivity contribution in [2.75, 3.05) is 13.7 Å². The number of hydrogen-bond acceptors (Lipinski definition) is 4. The number of hydrogen-bond donors (Lipinski definition) is 2. The van der Waals surface area contributed by atoms with Crippen molar-refractivity contribution in [2.24, 2.45) is 0 Å². The Morgan fingerprint density at radius 2 is 1.83 bits per heavy atom. The number of ketones is 1. The maximum atomic E-state index is 13.3. The monoisotopic (exact) mass is 520 g/mol. The Hall–Kier alpha value is -3.74. The highest BCUT2D eigenvalue weighted by atomic mass is 35.5. The summed E-state index contributed by atoms with van der Waals surface area (Å²) in [7, 11) is 1.61. The molecule has 0 spiro atoms. The zero-order chi connectivity index (χ0) is 25.4. The predicted molar refractivity (Wildman–Crippen MR) is 140 cm³/mol. The number of Topliss-reactive ketones (excluding diaryl/α,β-unsaturated/α-hetero) is 1. The minimum absolute atomic E-state index is 0.00369. The fraction of sp³-hybridized carbons (Fsp3) is 0.143. The highest BCUT2D eigenvalue weighted by molar-refractivity contribution is 6.47. The number of aromatic amines is 1. The van der Waals surface area contributed by atoms with E-state index in [1.54, 1.807) is 55.6 Å². The molecule has 8 heteroatoms. The molecule has 1 saturated heterocycles. The number of fused-ring (bicyclic) bond motifs is 1. The van der Waals surface area contributed by atoms with Crippen LogP contribution >= 0.6 is 23.2 Å². The maximum absolute atomic E-state index is 13.3. The number of rotatable bonds is 6. The van der Waals surface area contributed by atoms with Crippen LogP contribution in [0.1, 0.15) is 22.7 Å². The van der Waals surface area contributed by atoms with Crippen LogP contribution in [-0.2, 0) is 16.0 Å². The van der Waals surface area contributed by atoms with Crippen LogP contribution in [0.4, 0.5) is 0 Å². The Labute approximate surface area is 217 Å². The first-order valence-corrected chi connectivity index (χ1v) is 12.1. The molecule has 2 N–H and O–H groups in total. The highest BCUT2D eigenvalue weighted by Crippen LogP contribution is 2.42. The Kier molecular flexibility index (Phi) is 6.48. The summed E-state index contributed by atoms with van der Waals surface area (Å²) in [4.78, 5) is 31.2. The molecule has 1 atom stereocenters. The van der Waals surface area contributed by atoms with Crippen molar-refractivity contribution in [3.05, 3.63) is 105 Å². The van der Waals surface area contributed by atoms with E-state index in [0.29, 0.717) is 27.6 Å². The second-order valence-corrected chi connectivity index (χ2v) is 9.34. The van der Waals surface area contributed by atoms with Gasteiger partial charge in [-0.3, -0.25) is 9.59 Å². The molecule has 1 aromatic heterocycles. The number of aliphatic hydroxyl groups is 1. The third kappa shape index (κ3) is 4.23. The molecule has 1 aliphatic rings. The van der Waals surface area contributed by atoms with Crippen molar-refractivity contribution in [3.63, 3.8) is 0 Å². The van der Waals surface area contributed by atoms with Gasteiger partial charge in [0.05, 0.1) is 18.7 Å². The lowest BCUT2D eigenvalue weighted by molar-refractivity contribution is -0.139. The summed E-state index contributed by atoms with van der Waals surface area (Å²) in [5.74, 6) is -0.974. The first kappa shape index (κ1) is 24.0. The zero-order valence-corrected chi connectivity index (χ0v) is 20.8. The number of methoxy groups -OCH3 is 1. The molecule has 0 bridgehead atoms. The average molecular weight is 521 g/mol. The lowest BCUT2D eigenvalue weighted by Crippen LogP contribution is -2.31. The third-order valence-corrected chi connectivity index (χ3v) is 7.00. The van der Waals surface area contributed by atoms with Crippen LogP contribution in [-0.4, -0.2) is 40.3 Å². The summed E-state index contributed by atoms with van der Waals surface area (Å²) in [5.41, 5.74) is 2.85. The smallest absolute Gasteiger partial charge is 0.295 e. The van der Waals surface area contributed by atoms with Crippen molar-refractivity contribution >= 4 is 51.6 Å². The van der Waals surface area contributed by atoms with Gasteiger partial charge in [0.15, 0.2) is 0 Å². The van der Waals surface area contributed by atoms with Crippen LogP contribution < -0.4 is 4.74 Å². The van der Waals surface area contributed by atoms with Gasteiger partial charge in [-0.15, -0.1) is 0 Å². The van der Waals surface area contributed by atoms with E-state index >= 15 is 0 Å². The first-order chi connectivity index (χ1) is 17.4. The average Bonchev–Trinajstić information content (AvgIpc) is 3.40. The largest absolute Gasteiger partial charge is 0.507 e. The Morgan fingerprint density at radius 1 is 1.06 bits per heavy atom. The number of carbonyl (C=O) groups is 2. The molecular formula is C28H22Cl2N2O4. The van der Waals surface area contributed by atoms with Gasteiger partial charge in [-0.1, -0.05) is 59.6 Å². The molecule has 1 fully saturated rings. The number of benzene rings is 3. The SMILES string of the molecule is COc1ccc2[nH]cc(CCN3C(=O)C(=O)/C(=C(\O)c4ccccc4)C3c3ccc(Cl)cc3Cl)c2c1. The molecule has 6 nitrogen and oxygen atoms in total. The summed E-state index contributed by atoms with van der Waals surface area (Å²) in [5, 5.41) is 12.8. The number of nitrogens with one attached hydrogen (secondary N) is 1. The minimum Gasteiger partial charge on any atom is -0.507 e. The molecule has 4 aromatic rings. The fourth-order valence-corrected chi connectivity index (χ4v) is 5.15. The Balaban J connectivity index is 1.58. The number of carbonyl (C=O) groups excluding carboxylic acids is 2. The molecule has 182 valence electrons. The number of H-pyrrole nitrogens is 1. The standard InChI is InChI=1S/C28H22Cl2N2O4/c1-36-19-8-10-23-21(14-19)17(15-31-23)11-12-32-25(20-9-7-18(29)13-22(20)30)24(27(34)28(32)35)26(33)16-5-3-2-4-6-16/h2-10,13-15,25,31,33H,11-12H2,1H3/b26-24-. The number of aliphatic hydroxyl groups excluding tert-OH is 1. The molecule has 1 unspecified atom stereocenters. The predicted octanol–water partition coefficient (Wildman–Crippen LogP) is 6.15. The van der Waals surface area contributed by atoms with Crippen LogP contribution in [0, 0.1) is 0 Å². The van der Waals surface area contributed by atoms with Crippen molar-refractivity contribution in [1.29, 1.82) is 0 Å². The zero-order valence-electron chi connectivity index (χ0n) is 19.3. The van der Waals surface area contributed by atoms with Gasteiger partial charge in [0, 0.05) is 39.3 Å². The van der Waals surface area contributed by atoms with Crippen LogP contribution in [0.25, 0.3) is 16.7 Å². The van der Waals surface area contributed by atoms with E-state index in [0.717, 1.165) is 22.2 Å². The molecule has 1 aliphatic heterocycles. The van der Waals surface area contributed by atoms with Gasteiger partial charge in [-0.05, 0) is 47.9 Å². The Morgan fingerprint density at radius 3 is 2.56 bits per heavy atom. The highest BCUT2D eigenvalue weighted by Gasteiger charge is 2.46. The van der Waals surface area contributed by atoms with Gasteiger partial charge in [0.2, 0.25) is 0 Å². The van der Waals surface area contributed by atoms with Gasteiger partial charge in [-0.25, -0.2) is 0 Å². The summed E-state index contributed by atoms with van der Waals surface area (Å²) < 4.78 is 5.35. The quantitative estimate of drug-likeness (QED) is 0.181. The molecule has 0 aliphatic carbocycles. The number of nitrogens with zero attached hydrogens (tertiary/aromatic N) is 1. The lowest BCUT2D eigenvalue weighted by Gasteiger charge is -2.26. The van der Waals surface area contributed by atoms with Crippen LogP contribution in [0.5, 0.6) is 5.75 Å². The second kappa shape index (κ2) is 9.72. The second-order valence-electron chi connectivity index (χ2n) is 8.50. The maximum Gasteiger partial charge on any atom is 0.295 e. The summed E-state index contributed by atoms with van der Waals surface area (Å²) >= 11 is 12.7. The van der Waals surface area contributed by atoms with E-state index in [1.807, 2.05) is 24.4 Å². The normalized spacial score (nSPS) is 17.2. The van der Waals surface area contributed by atoms with E-state index in [9.17, 15) is 14.7 Å². The minimum atomic E-state index is -0.866. The molecule has 0 radical (unpaired) electrons. The molecular weight excluding hydrogens is 499 g/mol. The van der Waals surface area contributed by atoms with E-state index in [2.05, 4.69) is 4.98 Å². The lowest BCUT2D eigenvalue weighted by atomic mass is 9.95. The van der Waals surface area contributed by atoms with Crippen molar-refractivity contribution in [2.45, 2.75) is 12.5 Å². The third-order valence-electron chi connectivity index (χ3n) is 6.44. The van der Waals surface area contributed by atoms with E-state index < -0.39 is 17.7 Å². The number of ether oxygens (including phenoxy) is 1. The van der Waals surface area contributed by atoms with E-state index in [1.165, 1.54) is 4.90 Å².